The quantitative estimate of drug-likeness (QED) is 0.795. The lowest BCUT2D eigenvalue weighted by atomic mass is 10.1. The van der Waals surface area contributed by atoms with Crippen molar-refractivity contribution in [1.82, 2.24) is 4.90 Å². The number of benzene rings is 1. The molecule has 14 heavy (non-hydrogen) atoms. The van der Waals surface area contributed by atoms with E-state index in [1.807, 2.05) is 0 Å². The molecule has 0 radical (unpaired) electrons. The molecule has 0 saturated heterocycles. The second-order valence-corrected chi connectivity index (χ2v) is 4.58. The third kappa shape index (κ3) is 3.10. The Balaban J connectivity index is 2.71. The van der Waals surface area contributed by atoms with Gasteiger partial charge in [0.15, 0.2) is 0 Å². The Morgan fingerprint density at radius 1 is 1.36 bits per heavy atom. The predicted octanol–water partition coefficient (Wildman–Crippen LogP) is 3.60. The van der Waals surface area contributed by atoms with E-state index < -0.39 is 0 Å². The Bertz CT molecular complexity index is 296. The number of hydrogen-bond acceptors (Lipinski definition) is 1. The Hall–Kier alpha value is -0.340. The molecule has 0 unspecified atom stereocenters. The summed E-state index contributed by atoms with van der Waals surface area (Å²) in [6, 6.07) is 6.44. The molecule has 0 fully saturated rings. The van der Waals surface area contributed by atoms with E-state index in [9.17, 15) is 0 Å². The zero-order valence-corrected chi connectivity index (χ0v) is 10.8. The molecule has 0 aromatic heterocycles. The fraction of sp³-hybridized carbons (Fsp3) is 0.500. The number of nitrogens with zero attached hydrogens (tertiary/aromatic N) is 1. The van der Waals surface area contributed by atoms with Crippen molar-refractivity contribution in [2.24, 2.45) is 0 Å². The molecule has 0 N–H and O–H groups in total. The first-order valence-corrected chi connectivity index (χ1v) is 5.87. The fourth-order valence-corrected chi connectivity index (χ4v) is 1.97. The van der Waals surface area contributed by atoms with Crippen LogP contribution in [0.4, 0.5) is 0 Å². The third-order valence-electron chi connectivity index (χ3n) is 2.32. The molecule has 1 aromatic carbocycles. The van der Waals surface area contributed by atoms with E-state index in [4.69, 9.17) is 0 Å². The number of rotatable bonds is 4. The molecule has 0 saturated carbocycles. The van der Waals surface area contributed by atoms with Crippen molar-refractivity contribution in [3.63, 3.8) is 0 Å². The monoisotopic (exact) mass is 255 g/mol. The van der Waals surface area contributed by atoms with Gasteiger partial charge in [-0.1, -0.05) is 41.1 Å². The maximum atomic E-state index is 3.63. The van der Waals surface area contributed by atoms with Gasteiger partial charge in [-0.05, 0) is 38.1 Å². The standard InChI is InChI=1S/C12H18BrN/c1-4-8-14(3)9-11-7-5-6-10(2)12(11)13/h5-7H,4,8-9H2,1-3H3. The van der Waals surface area contributed by atoms with Crippen LogP contribution in [0.3, 0.4) is 0 Å². The first kappa shape index (κ1) is 11.7. The van der Waals surface area contributed by atoms with Crippen LogP contribution in [0, 0.1) is 6.92 Å². The third-order valence-corrected chi connectivity index (χ3v) is 3.45. The second kappa shape index (κ2) is 5.52. The lowest BCUT2D eigenvalue weighted by Crippen LogP contribution is -2.18. The molecular weight excluding hydrogens is 238 g/mol. The van der Waals surface area contributed by atoms with Crippen molar-refractivity contribution in [3.8, 4) is 0 Å². The SMILES string of the molecule is CCCN(C)Cc1cccc(C)c1Br. The van der Waals surface area contributed by atoms with Crippen LogP contribution in [-0.2, 0) is 6.54 Å². The lowest BCUT2D eigenvalue weighted by Gasteiger charge is -2.17. The molecule has 0 spiro atoms. The Labute approximate surface area is 95.2 Å². The summed E-state index contributed by atoms with van der Waals surface area (Å²) in [7, 11) is 2.16. The Morgan fingerprint density at radius 3 is 2.71 bits per heavy atom. The zero-order chi connectivity index (χ0) is 10.6. The van der Waals surface area contributed by atoms with Gasteiger partial charge in [0.1, 0.15) is 0 Å². The number of aryl methyl sites for hydroxylation is 1. The van der Waals surface area contributed by atoms with E-state index in [1.54, 1.807) is 0 Å². The zero-order valence-electron chi connectivity index (χ0n) is 9.18. The van der Waals surface area contributed by atoms with Gasteiger partial charge in [-0.3, -0.25) is 0 Å². The highest BCUT2D eigenvalue weighted by Crippen LogP contribution is 2.21. The Kier molecular flexibility index (Phi) is 4.63. The summed E-state index contributed by atoms with van der Waals surface area (Å²) in [5.41, 5.74) is 2.69. The molecule has 2 heteroatoms. The van der Waals surface area contributed by atoms with Crippen molar-refractivity contribution in [3.05, 3.63) is 33.8 Å². The van der Waals surface area contributed by atoms with Gasteiger partial charge >= 0.3 is 0 Å². The average Bonchev–Trinajstić information content (AvgIpc) is 2.13. The van der Waals surface area contributed by atoms with Crippen LogP contribution >= 0.6 is 15.9 Å². The molecule has 1 nitrogen and oxygen atoms in total. The molecule has 0 amide bonds. The minimum absolute atomic E-state index is 1.02. The molecule has 0 heterocycles. The van der Waals surface area contributed by atoms with Gasteiger partial charge in [-0.2, -0.15) is 0 Å². The van der Waals surface area contributed by atoms with Crippen LogP contribution in [0.15, 0.2) is 22.7 Å². The average molecular weight is 256 g/mol. The van der Waals surface area contributed by atoms with Crippen LogP contribution in [0.25, 0.3) is 0 Å². The van der Waals surface area contributed by atoms with Crippen LogP contribution < -0.4 is 0 Å². The van der Waals surface area contributed by atoms with Crippen molar-refractivity contribution < 1.29 is 0 Å². The molecule has 1 rings (SSSR count). The van der Waals surface area contributed by atoms with Gasteiger partial charge < -0.3 is 4.90 Å². The van der Waals surface area contributed by atoms with Gasteiger partial charge in [0.2, 0.25) is 0 Å². The van der Waals surface area contributed by atoms with E-state index >= 15 is 0 Å². The lowest BCUT2D eigenvalue weighted by molar-refractivity contribution is 0.327. The summed E-state index contributed by atoms with van der Waals surface area (Å²) >= 11 is 3.63. The van der Waals surface area contributed by atoms with Crippen LogP contribution in [0.1, 0.15) is 24.5 Å². The van der Waals surface area contributed by atoms with Gasteiger partial charge in [0.05, 0.1) is 0 Å². The van der Waals surface area contributed by atoms with Crippen molar-refractivity contribution >= 4 is 15.9 Å². The number of halogens is 1. The molecular formula is C12H18BrN. The first-order valence-electron chi connectivity index (χ1n) is 5.07. The highest BCUT2D eigenvalue weighted by molar-refractivity contribution is 9.10. The van der Waals surface area contributed by atoms with E-state index in [-0.39, 0.29) is 0 Å². The van der Waals surface area contributed by atoms with Gasteiger partial charge in [-0.25, -0.2) is 0 Å². The first-order chi connectivity index (χ1) is 6.65. The summed E-state index contributed by atoms with van der Waals surface area (Å²) in [4.78, 5) is 2.35. The van der Waals surface area contributed by atoms with E-state index in [0.717, 1.165) is 13.1 Å². The van der Waals surface area contributed by atoms with Crippen LogP contribution in [0.2, 0.25) is 0 Å². The van der Waals surface area contributed by atoms with Crippen molar-refractivity contribution in [2.75, 3.05) is 13.6 Å². The summed E-state index contributed by atoms with van der Waals surface area (Å²) in [6.45, 7) is 6.52. The highest BCUT2D eigenvalue weighted by atomic mass is 79.9. The predicted molar refractivity (Wildman–Crippen MR) is 65.5 cm³/mol. The molecule has 78 valence electrons. The summed E-state index contributed by atoms with van der Waals surface area (Å²) in [6.07, 6.45) is 1.21. The highest BCUT2D eigenvalue weighted by Gasteiger charge is 2.04. The van der Waals surface area contributed by atoms with E-state index in [2.05, 4.69) is 59.9 Å². The van der Waals surface area contributed by atoms with Crippen molar-refractivity contribution in [2.45, 2.75) is 26.8 Å². The van der Waals surface area contributed by atoms with E-state index in [1.165, 1.54) is 22.0 Å². The summed E-state index contributed by atoms with van der Waals surface area (Å²) in [5.74, 6) is 0. The fourth-order valence-electron chi connectivity index (χ4n) is 1.58. The normalized spacial score (nSPS) is 10.9. The largest absolute Gasteiger partial charge is 0.302 e. The number of hydrogen-bond donors (Lipinski definition) is 0. The van der Waals surface area contributed by atoms with Gasteiger partial charge in [0, 0.05) is 11.0 Å². The topological polar surface area (TPSA) is 3.24 Å². The summed E-state index contributed by atoms with van der Waals surface area (Å²) < 4.78 is 1.25. The molecule has 0 aliphatic carbocycles. The maximum Gasteiger partial charge on any atom is 0.0249 e. The van der Waals surface area contributed by atoms with Crippen LogP contribution in [-0.4, -0.2) is 18.5 Å². The minimum Gasteiger partial charge on any atom is -0.302 e. The van der Waals surface area contributed by atoms with Crippen molar-refractivity contribution in [1.29, 1.82) is 0 Å². The molecule has 0 aliphatic heterocycles. The smallest absolute Gasteiger partial charge is 0.0249 e. The molecule has 0 aliphatic rings. The molecule has 1 aromatic rings. The molecule has 0 bridgehead atoms. The van der Waals surface area contributed by atoms with E-state index in [0.29, 0.717) is 0 Å². The second-order valence-electron chi connectivity index (χ2n) is 3.79. The maximum absolute atomic E-state index is 3.63. The van der Waals surface area contributed by atoms with Gasteiger partial charge in [-0.15, -0.1) is 0 Å². The summed E-state index contributed by atoms with van der Waals surface area (Å²) in [5, 5.41) is 0. The molecule has 0 atom stereocenters. The Morgan fingerprint density at radius 2 is 2.07 bits per heavy atom. The minimum atomic E-state index is 1.02. The van der Waals surface area contributed by atoms with Crippen LogP contribution in [0.5, 0.6) is 0 Å². The van der Waals surface area contributed by atoms with Gasteiger partial charge in [0.25, 0.3) is 0 Å².